The average molecular weight is 284 g/mol. The first-order chi connectivity index (χ1) is 9.15. The number of thioether (sulfide) groups is 1. The van der Waals surface area contributed by atoms with Crippen molar-refractivity contribution in [1.29, 1.82) is 0 Å². The van der Waals surface area contributed by atoms with Crippen LogP contribution < -0.4 is 0 Å². The molecule has 2 unspecified atom stereocenters. The molecule has 0 aliphatic carbocycles. The van der Waals surface area contributed by atoms with Crippen LogP contribution in [0.2, 0.25) is 0 Å². The van der Waals surface area contributed by atoms with Crippen LogP contribution in [0.25, 0.3) is 0 Å². The fourth-order valence-corrected chi connectivity index (χ4v) is 3.61. The van der Waals surface area contributed by atoms with Crippen LogP contribution in [-0.2, 0) is 9.59 Å². The summed E-state index contributed by atoms with van der Waals surface area (Å²) in [6.07, 6.45) is 6.53. The van der Waals surface area contributed by atoms with Crippen LogP contribution in [0.15, 0.2) is 0 Å². The summed E-state index contributed by atoms with van der Waals surface area (Å²) >= 11 is 1.81. The Morgan fingerprint density at radius 2 is 2.11 bits per heavy atom. The van der Waals surface area contributed by atoms with Gasteiger partial charge in [-0.1, -0.05) is 0 Å². The van der Waals surface area contributed by atoms with Gasteiger partial charge in [0.05, 0.1) is 0 Å². The zero-order valence-corrected chi connectivity index (χ0v) is 12.7. The van der Waals surface area contributed by atoms with E-state index in [-0.39, 0.29) is 23.9 Å². The number of rotatable bonds is 4. The Balaban J connectivity index is 2.09. The van der Waals surface area contributed by atoms with Gasteiger partial charge in [0.25, 0.3) is 0 Å². The summed E-state index contributed by atoms with van der Waals surface area (Å²) in [6, 6.07) is 0.0649. The van der Waals surface area contributed by atoms with Gasteiger partial charge in [0.15, 0.2) is 0 Å². The molecule has 2 aliphatic heterocycles. The molecule has 0 aromatic rings. The van der Waals surface area contributed by atoms with Crippen LogP contribution >= 0.6 is 11.8 Å². The van der Waals surface area contributed by atoms with Crippen molar-refractivity contribution in [3.63, 3.8) is 0 Å². The van der Waals surface area contributed by atoms with E-state index < -0.39 is 0 Å². The zero-order chi connectivity index (χ0) is 13.8. The van der Waals surface area contributed by atoms with E-state index >= 15 is 0 Å². The van der Waals surface area contributed by atoms with Crippen LogP contribution in [0.1, 0.15) is 39.0 Å². The van der Waals surface area contributed by atoms with Crippen molar-refractivity contribution in [2.45, 2.75) is 51.1 Å². The third-order valence-electron chi connectivity index (χ3n) is 4.23. The molecule has 0 bridgehead atoms. The largest absolute Gasteiger partial charge is 0.338 e. The lowest BCUT2D eigenvalue weighted by molar-refractivity contribution is -0.144. The molecule has 2 atom stereocenters. The number of fused-ring (bicyclic) bond motifs is 1. The summed E-state index contributed by atoms with van der Waals surface area (Å²) in [5.41, 5.74) is 0. The highest BCUT2D eigenvalue weighted by Gasteiger charge is 2.38. The number of hydrogen-bond acceptors (Lipinski definition) is 3. The van der Waals surface area contributed by atoms with Gasteiger partial charge in [-0.05, 0) is 44.6 Å². The molecule has 2 saturated heterocycles. The number of nitrogens with zero attached hydrogens (tertiary/aromatic N) is 2. The minimum absolute atomic E-state index is 0.164. The third-order valence-corrected chi connectivity index (χ3v) is 4.87. The fraction of sp³-hybridized carbons (Fsp3) is 0.857. The van der Waals surface area contributed by atoms with Crippen LogP contribution in [0.5, 0.6) is 0 Å². The first kappa shape index (κ1) is 14.7. The number of piperidine rings is 1. The molecule has 0 radical (unpaired) electrons. The molecule has 4 nitrogen and oxygen atoms in total. The molecule has 19 heavy (non-hydrogen) atoms. The second-order valence-electron chi connectivity index (χ2n) is 5.51. The lowest BCUT2D eigenvalue weighted by Gasteiger charge is -2.36. The molecule has 2 amide bonds. The second kappa shape index (κ2) is 6.64. The summed E-state index contributed by atoms with van der Waals surface area (Å²) in [7, 11) is 0. The van der Waals surface area contributed by atoms with Crippen LogP contribution in [0.4, 0.5) is 0 Å². The van der Waals surface area contributed by atoms with Crippen molar-refractivity contribution >= 4 is 23.6 Å². The monoisotopic (exact) mass is 284 g/mol. The Bertz CT molecular complexity index is 348. The van der Waals surface area contributed by atoms with E-state index in [4.69, 9.17) is 0 Å². The van der Waals surface area contributed by atoms with E-state index in [2.05, 4.69) is 13.2 Å². The van der Waals surface area contributed by atoms with Gasteiger partial charge in [0.1, 0.15) is 6.04 Å². The van der Waals surface area contributed by atoms with E-state index in [1.807, 2.05) is 21.6 Å². The topological polar surface area (TPSA) is 40.6 Å². The van der Waals surface area contributed by atoms with Gasteiger partial charge < -0.3 is 9.80 Å². The molecule has 2 aliphatic rings. The molecule has 0 aromatic carbocycles. The van der Waals surface area contributed by atoms with Gasteiger partial charge in [-0.25, -0.2) is 0 Å². The van der Waals surface area contributed by atoms with Gasteiger partial charge in [0, 0.05) is 25.6 Å². The summed E-state index contributed by atoms with van der Waals surface area (Å²) < 4.78 is 0. The highest BCUT2D eigenvalue weighted by molar-refractivity contribution is 7.98. The highest BCUT2D eigenvalue weighted by atomic mass is 32.2. The lowest BCUT2D eigenvalue weighted by Crippen LogP contribution is -2.51. The molecule has 2 rings (SSSR count). The van der Waals surface area contributed by atoms with Gasteiger partial charge >= 0.3 is 0 Å². The Hall–Kier alpha value is -0.710. The molecule has 2 fully saturated rings. The van der Waals surface area contributed by atoms with Gasteiger partial charge in [0.2, 0.25) is 11.8 Å². The Labute approximate surface area is 119 Å². The molecular weight excluding hydrogens is 260 g/mol. The standard InChI is InChI=1S/C14H24N2O2S/c1-11(7-10-19-2)15-9-6-13(17)16-8-4-3-5-12(16)14(15)18/h11-12H,3-10H2,1-2H3. The maximum atomic E-state index is 12.7. The lowest BCUT2D eigenvalue weighted by atomic mass is 10.0. The summed E-state index contributed by atoms with van der Waals surface area (Å²) in [5.74, 6) is 1.41. The molecule has 108 valence electrons. The molecule has 0 N–H and O–H groups in total. The minimum Gasteiger partial charge on any atom is -0.338 e. The van der Waals surface area contributed by atoms with Crippen molar-refractivity contribution in [2.75, 3.05) is 25.1 Å². The number of hydrogen-bond donors (Lipinski definition) is 0. The number of carbonyl (C=O) groups excluding carboxylic acids is 2. The normalized spacial score (nSPS) is 26.1. The quantitative estimate of drug-likeness (QED) is 0.789. The summed E-state index contributed by atoms with van der Waals surface area (Å²) in [4.78, 5) is 28.5. The number of carbonyl (C=O) groups is 2. The van der Waals surface area contributed by atoms with E-state index in [0.717, 1.165) is 38.0 Å². The van der Waals surface area contributed by atoms with Crippen molar-refractivity contribution in [2.24, 2.45) is 0 Å². The molecule has 2 heterocycles. The maximum Gasteiger partial charge on any atom is 0.245 e. The smallest absolute Gasteiger partial charge is 0.245 e. The van der Waals surface area contributed by atoms with Crippen molar-refractivity contribution in [3.05, 3.63) is 0 Å². The summed E-state index contributed by atoms with van der Waals surface area (Å²) in [6.45, 7) is 3.47. The zero-order valence-electron chi connectivity index (χ0n) is 11.9. The molecule has 0 aromatic heterocycles. The Kier molecular flexibility index (Phi) is 5.13. The second-order valence-corrected chi connectivity index (χ2v) is 6.50. The predicted octanol–water partition coefficient (Wildman–Crippen LogP) is 1.74. The molecule has 5 heteroatoms. The summed E-state index contributed by atoms with van der Waals surface area (Å²) in [5, 5.41) is 0. The Morgan fingerprint density at radius 3 is 2.84 bits per heavy atom. The molecular formula is C14H24N2O2S. The Morgan fingerprint density at radius 1 is 1.32 bits per heavy atom. The fourth-order valence-electron chi connectivity index (χ4n) is 3.03. The molecule has 0 saturated carbocycles. The number of amides is 2. The first-order valence-electron chi connectivity index (χ1n) is 7.24. The van der Waals surface area contributed by atoms with E-state index in [1.165, 1.54) is 0 Å². The first-order valence-corrected chi connectivity index (χ1v) is 8.63. The predicted molar refractivity (Wildman–Crippen MR) is 78.1 cm³/mol. The van der Waals surface area contributed by atoms with E-state index in [0.29, 0.717) is 13.0 Å². The third kappa shape index (κ3) is 3.25. The SMILES string of the molecule is CSCCC(C)N1CCC(=O)N2CCCCC2C1=O. The van der Waals surface area contributed by atoms with Crippen LogP contribution in [0.3, 0.4) is 0 Å². The minimum atomic E-state index is -0.180. The highest BCUT2D eigenvalue weighted by Crippen LogP contribution is 2.24. The van der Waals surface area contributed by atoms with Crippen molar-refractivity contribution in [3.8, 4) is 0 Å². The van der Waals surface area contributed by atoms with Gasteiger partial charge in [-0.15, -0.1) is 0 Å². The van der Waals surface area contributed by atoms with E-state index in [1.54, 1.807) is 0 Å². The average Bonchev–Trinajstić information content (AvgIpc) is 2.56. The van der Waals surface area contributed by atoms with Crippen LogP contribution in [-0.4, -0.2) is 58.8 Å². The van der Waals surface area contributed by atoms with Gasteiger partial charge in [-0.2, -0.15) is 11.8 Å². The molecule has 0 spiro atoms. The van der Waals surface area contributed by atoms with E-state index in [9.17, 15) is 9.59 Å². The maximum absolute atomic E-state index is 12.7. The van der Waals surface area contributed by atoms with Crippen molar-refractivity contribution < 1.29 is 9.59 Å². The van der Waals surface area contributed by atoms with Crippen LogP contribution in [0, 0.1) is 0 Å². The van der Waals surface area contributed by atoms with Gasteiger partial charge in [-0.3, -0.25) is 9.59 Å². The van der Waals surface area contributed by atoms with Crippen molar-refractivity contribution in [1.82, 2.24) is 9.80 Å².